The second-order valence-corrected chi connectivity index (χ2v) is 6.67. The highest BCUT2D eigenvalue weighted by Crippen LogP contribution is 2.26. The van der Waals surface area contributed by atoms with Crippen LogP contribution in [0.3, 0.4) is 0 Å². The minimum absolute atomic E-state index is 0.0324. The lowest BCUT2D eigenvalue weighted by Gasteiger charge is -2.31. The largest absolute Gasteiger partial charge is 0.360 e. The summed E-state index contributed by atoms with van der Waals surface area (Å²) in [6, 6.07) is 17.2. The molecule has 2 heterocycles. The van der Waals surface area contributed by atoms with E-state index in [0.29, 0.717) is 25.9 Å². The molecule has 0 radical (unpaired) electrons. The molecule has 0 spiro atoms. The predicted octanol–water partition coefficient (Wildman–Crippen LogP) is 4.29. The first-order valence-electron chi connectivity index (χ1n) is 8.93. The SMILES string of the molecule is O=C(c1c[nH]c2ccccc12)C1CCN(C(=O)Nc2ccccc2)CC1. The molecule has 0 aliphatic carbocycles. The van der Waals surface area contributed by atoms with Gasteiger partial charge in [-0.1, -0.05) is 36.4 Å². The quantitative estimate of drug-likeness (QED) is 0.694. The number of nitrogens with zero attached hydrogens (tertiary/aromatic N) is 1. The Balaban J connectivity index is 1.39. The highest BCUT2D eigenvalue weighted by Gasteiger charge is 2.29. The maximum absolute atomic E-state index is 12.9. The van der Waals surface area contributed by atoms with Gasteiger partial charge in [0.1, 0.15) is 0 Å². The molecule has 2 aromatic carbocycles. The van der Waals surface area contributed by atoms with Crippen molar-refractivity contribution in [2.45, 2.75) is 12.8 Å². The zero-order valence-corrected chi connectivity index (χ0v) is 14.4. The van der Waals surface area contributed by atoms with Gasteiger partial charge in [-0.3, -0.25) is 4.79 Å². The van der Waals surface area contributed by atoms with Crippen LogP contribution in [0.2, 0.25) is 0 Å². The van der Waals surface area contributed by atoms with Crippen molar-refractivity contribution in [3.05, 3.63) is 66.4 Å². The Morgan fingerprint density at radius 1 is 0.962 bits per heavy atom. The number of anilines is 1. The lowest BCUT2D eigenvalue weighted by atomic mass is 9.89. The number of H-pyrrole nitrogens is 1. The second-order valence-electron chi connectivity index (χ2n) is 6.67. The Bertz CT molecular complexity index is 925. The molecule has 1 aliphatic rings. The maximum atomic E-state index is 12.9. The summed E-state index contributed by atoms with van der Waals surface area (Å²) in [5.74, 6) is 0.139. The standard InChI is InChI=1S/C21H21N3O2/c25-20(18-14-22-19-9-5-4-8-17(18)19)15-10-12-24(13-11-15)21(26)23-16-6-2-1-3-7-16/h1-9,14-15,22H,10-13H2,(H,23,26). The van der Waals surface area contributed by atoms with Crippen molar-refractivity contribution < 1.29 is 9.59 Å². The topological polar surface area (TPSA) is 65.2 Å². The number of aromatic nitrogens is 1. The molecule has 5 heteroatoms. The molecule has 0 unspecified atom stereocenters. The predicted molar refractivity (Wildman–Crippen MR) is 102 cm³/mol. The molecule has 26 heavy (non-hydrogen) atoms. The van der Waals surface area contributed by atoms with Crippen molar-refractivity contribution in [1.29, 1.82) is 0 Å². The van der Waals surface area contributed by atoms with Crippen molar-refractivity contribution >= 4 is 28.4 Å². The number of ketones is 1. The van der Waals surface area contributed by atoms with Gasteiger partial charge in [-0.25, -0.2) is 4.79 Å². The summed E-state index contributed by atoms with van der Waals surface area (Å²) >= 11 is 0. The van der Waals surface area contributed by atoms with Crippen molar-refractivity contribution in [2.24, 2.45) is 5.92 Å². The normalized spacial score (nSPS) is 15.2. The van der Waals surface area contributed by atoms with Gasteiger partial charge in [0.2, 0.25) is 0 Å². The van der Waals surface area contributed by atoms with Gasteiger partial charge < -0.3 is 15.2 Å². The molecule has 4 rings (SSSR count). The van der Waals surface area contributed by atoms with Gasteiger partial charge >= 0.3 is 6.03 Å². The number of piperidine rings is 1. The van der Waals surface area contributed by atoms with Crippen LogP contribution in [0.25, 0.3) is 10.9 Å². The average molecular weight is 347 g/mol. The Hall–Kier alpha value is -3.08. The number of hydrogen-bond donors (Lipinski definition) is 2. The highest BCUT2D eigenvalue weighted by molar-refractivity contribution is 6.09. The zero-order chi connectivity index (χ0) is 17.9. The van der Waals surface area contributed by atoms with Crippen LogP contribution in [0, 0.1) is 5.92 Å². The first kappa shape index (κ1) is 16.4. The second kappa shape index (κ2) is 7.04. The number of benzene rings is 2. The van der Waals surface area contributed by atoms with Crippen LogP contribution >= 0.6 is 0 Å². The van der Waals surface area contributed by atoms with Crippen LogP contribution in [0.4, 0.5) is 10.5 Å². The number of nitrogens with one attached hydrogen (secondary N) is 2. The summed E-state index contributed by atoms with van der Waals surface area (Å²) in [5.41, 5.74) is 2.53. The fourth-order valence-electron chi connectivity index (χ4n) is 3.56. The molecular weight excluding hydrogens is 326 g/mol. The first-order valence-corrected chi connectivity index (χ1v) is 8.93. The van der Waals surface area contributed by atoms with Crippen LogP contribution in [-0.2, 0) is 0 Å². The van der Waals surface area contributed by atoms with Crippen LogP contribution in [0.5, 0.6) is 0 Å². The summed E-state index contributed by atoms with van der Waals surface area (Å²) < 4.78 is 0. The van der Waals surface area contributed by atoms with E-state index in [-0.39, 0.29) is 17.7 Å². The molecule has 132 valence electrons. The summed E-state index contributed by atoms with van der Waals surface area (Å²) in [4.78, 5) is 30.2. The maximum Gasteiger partial charge on any atom is 0.321 e. The average Bonchev–Trinajstić information content (AvgIpc) is 3.12. The van der Waals surface area contributed by atoms with Gasteiger partial charge in [-0.05, 0) is 31.0 Å². The van der Waals surface area contributed by atoms with Gasteiger partial charge in [-0.15, -0.1) is 0 Å². The number of likely N-dealkylation sites (tertiary alicyclic amines) is 1. The zero-order valence-electron chi connectivity index (χ0n) is 14.4. The van der Waals surface area contributed by atoms with Crippen molar-refractivity contribution in [3.8, 4) is 0 Å². The van der Waals surface area contributed by atoms with Crippen LogP contribution in [-0.4, -0.2) is 34.8 Å². The minimum atomic E-state index is -0.103. The number of hydrogen-bond acceptors (Lipinski definition) is 2. The van der Waals surface area contributed by atoms with Gasteiger partial charge in [-0.2, -0.15) is 0 Å². The van der Waals surface area contributed by atoms with E-state index in [2.05, 4.69) is 10.3 Å². The van der Waals surface area contributed by atoms with Crippen molar-refractivity contribution in [2.75, 3.05) is 18.4 Å². The van der Waals surface area contributed by atoms with E-state index in [0.717, 1.165) is 22.2 Å². The van der Waals surface area contributed by atoms with Gasteiger partial charge in [0.05, 0.1) is 0 Å². The number of carbonyl (C=O) groups is 2. The number of para-hydroxylation sites is 2. The number of carbonyl (C=O) groups excluding carboxylic acids is 2. The third-order valence-electron chi connectivity index (χ3n) is 5.03. The smallest absolute Gasteiger partial charge is 0.321 e. The van der Waals surface area contributed by atoms with Crippen LogP contribution < -0.4 is 5.32 Å². The fraction of sp³-hybridized carbons (Fsp3) is 0.238. The van der Waals surface area contributed by atoms with Crippen molar-refractivity contribution in [3.63, 3.8) is 0 Å². The highest BCUT2D eigenvalue weighted by atomic mass is 16.2. The van der Waals surface area contributed by atoms with E-state index < -0.39 is 0 Å². The summed E-state index contributed by atoms with van der Waals surface area (Å²) in [6.07, 6.45) is 3.20. The van der Waals surface area contributed by atoms with E-state index in [1.165, 1.54) is 0 Å². The Kier molecular flexibility index (Phi) is 4.44. The molecular formula is C21H21N3O2. The van der Waals surface area contributed by atoms with Gasteiger partial charge in [0.25, 0.3) is 0 Å². The lowest BCUT2D eigenvalue weighted by Crippen LogP contribution is -2.42. The fourth-order valence-corrected chi connectivity index (χ4v) is 3.56. The molecule has 0 saturated carbocycles. The number of rotatable bonds is 3. The number of fused-ring (bicyclic) bond motifs is 1. The number of Topliss-reactive ketones (excluding diaryl/α,β-unsaturated/α-hetero) is 1. The Morgan fingerprint density at radius 2 is 1.65 bits per heavy atom. The molecule has 0 bridgehead atoms. The van der Waals surface area contributed by atoms with E-state index in [1.807, 2.05) is 60.8 Å². The summed E-state index contributed by atoms with van der Waals surface area (Å²) in [7, 11) is 0. The van der Waals surface area contributed by atoms with Crippen LogP contribution in [0.15, 0.2) is 60.8 Å². The number of urea groups is 1. The van der Waals surface area contributed by atoms with E-state index >= 15 is 0 Å². The van der Waals surface area contributed by atoms with Gasteiger partial charge in [0, 0.05) is 47.4 Å². The monoisotopic (exact) mass is 347 g/mol. The molecule has 1 fully saturated rings. The lowest BCUT2D eigenvalue weighted by molar-refractivity contribution is 0.0861. The third kappa shape index (κ3) is 3.20. The minimum Gasteiger partial charge on any atom is -0.360 e. The van der Waals surface area contributed by atoms with Gasteiger partial charge in [0.15, 0.2) is 5.78 Å². The third-order valence-corrected chi connectivity index (χ3v) is 5.03. The van der Waals surface area contributed by atoms with E-state index in [9.17, 15) is 9.59 Å². The first-order chi connectivity index (χ1) is 12.7. The molecule has 2 amide bonds. The van der Waals surface area contributed by atoms with Crippen molar-refractivity contribution in [1.82, 2.24) is 9.88 Å². The molecule has 5 nitrogen and oxygen atoms in total. The Morgan fingerprint density at radius 3 is 2.42 bits per heavy atom. The molecule has 1 saturated heterocycles. The summed E-state index contributed by atoms with van der Waals surface area (Å²) in [6.45, 7) is 1.19. The molecule has 1 aliphatic heterocycles. The molecule has 0 atom stereocenters. The molecule has 1 aromatic heterocycles. The molecule has 2 N–H and O–H groups in total. The van der Waals surface area contributed by atoms with E-state index in [4.69, 9.17) is 0 Å². The van der Waals surface area contributed by atoms with Crippen LogP contribution in [0.1, 0.15) is 23.2 Å². The Labute approximate surface area is 152 Å². The summed E-state index contributed by atoms with van der Waals surface area (Å²) in [5, 5.41) is 3.88. The van der Waals surface area contributed by atoms with E-state index in [1.54, 1.807) is 4.90 Å². The number of amides is 2. The molecule has 3 aromatic rings. The number of aromatic amines is 1.